The SMILES string of the molecule is C=CCN[C@@H](CCCN=C(N)N)C(=O)OCC. The van der Waals surface area contributed by atoms with Gasteiger partial charge in [-0.1, -0.05) is 6.08 Å². The number of nitrogens with two attached hydrogens (primary N) is 2. The van der Waals surface area contributed by atoms with Gasteiger partial charge in [-0.25, -0.2) is 0 Å². The first-order chi connectivity index (χ1) is 8.11. The number of carbonyl (C=O) groups is 1. The van der Waals surface area contributed by atoms with Gasteiger partial charge in [0.2, 0.25) is 0 Å². The number of hydrogen-bond acceptors (Lipinski definition) is 4. The van der Waals surface area contributed by atoms with Gasteiger partial charge in [0, 0.05) is 13.1 Å². The second-order valence-electron chi connectivity index (χ2n) is 3.45. The fraction of sp³-hybridized carbons (Fsp3) is 0.636. The van der Waals surface area contributed by atoms with Gasteiger partial charge in [0.25, 0.3) is 0 Å². The van der Waals surface area contributed by atoms with E-state index in [1.807, 2.05) is 0 Å². The minimum atomic E-state index is -0.331. The van der Waals surface area contributed by atoms with E-state index in [0.717, 1.165) is 0 Å². The van der Waals surface area contributed by atoms with Crippen LogP contribution in [-0.2, 0) is 9.53 Å². The highest BCUT2D eigenvalue weighted by molar-refractivity contribution is 5.76. The molecule has 98 valence electrons. The Morgan fingerprint density at radius 2 is 2.29 bits per heavy atom. The molecule has 0 unspecified atom stereocenters. The Kier molecular flexibility index (Phi) is 8.77. The predicted molar refractivity (Wildman–Crippen MR) is 68.5 cm³/mol. The first kappa shape index (κ1) is 15.4. The molecule has 0 aromatic carbocycles. The number of nitrogens with zero attached hydrogens (tertiary/aromatic N) is 1. The molecular formula is C11H22N4O2. The van der Waals surface area contributed by atoms with Gasteiger partial charge in [0.15, 0.2) is 5.96 Å². The number of guanidine groups is 1. The molecule has 6 nitrogen and oxygen atoms in total. The summed E-state index contributed by atoms with van der Waals surface area (Å²) in [6.07, 6.45) is 3.04. The van der Waals surface area contributed by atoms with Gasteiger partial charge in [-0.05, 0) is 19.8 Å². The van der Waals surface area contributed by atoms with E-state index in [4.69, 9.17) is 16.2 Å². The Hall–Kier alpha value is -1.56. The molecule has 0 heterocycles. The minimum absolute atomic E-state index is 0.0664. The summed E-state index contributed by atoms with van der Waals surface area (Å²) in [5.41, 5.74) is 10.4. The first-order valence-electron chi connectivity index (χ1n) is 5.68. The number of carbonyl (C=O) groups excluding carboxylic acids is 1. The fourth-order valence-corrected chi connectivity index (χ4v) is 1.28. The van der Waals surface area contributed by atoms with Crippen molar-refractivity contribution in [3.8, 4) is 0 Å². The van der Waals surface area contributed by atoms with Crippen LogP contribution in [0.25, 0.3) is 0 Å². The van der Waals surface area contributed by atoms with Crippen LogP contribution >= 0.6 is 0 Å². The second-order valence-corrected chi connectivity index (χ2v) is 3.45. The maximum Gasteiger partial charge on any atom is 0.323 e. The Labute approximate surface area is 102 Å². The Bertz CT molecular complexity index is 262. The summed E-state index contributed by atoms with van der Waals surface area (Å²) in [5, 5.41) is 3.04. The van der Waals surface area contributed by atoms with Crippen molar-refractivity contribution < 1.29 is 9.53 Å². The molecule has 0 aromatic rings. The summed E-state index contributed by atoms with van der Waals surface area (Å²) in [5.74, 6) is -0.184. The number of nitrogens with one attached hydrogen (secondary N) is 1. The topological polar surface area (TPSA) is 103 Å². The lowest BCUT2D eigenvalue weighted by Gasteiger charge is -2.15. The maximum absolute atomic E-state index is 11.6. The fourth-order valence-electron chi connectivity index (χ4n) is 1.28. The predicted octanol–water partition coefficient (Wildman–Crippen LogP) is -0.253. The van der Waals surface area contributed by atoms with E-state index in [0.29, 0.717) is 32.5 Å². The van der Waals surface area contributed by atoms with E-state index in [1.165, 1.54) is 0 Å². The van der Waals surface area contributed by atoms with Gasteiger partial charge in [-0.2, -0.15) is 0 Å². The molecule has 0 aromatic heterocycles. The van der Waals surface area contributed by atoms with Crippen LogP contribution in [-0.4, -0.2) is 37.7 Å². The highest BCUT2D eigenvalue weighted by Crippen LogP contribution is 2.00. The Morgan fingerprint density at radius 3 is 2.82 bits per heavy atom. The van der Waals surface area contributed by atoms with Crippen LogP contribution in [0.3, 0.4) is 0 Å². The summed E-state index contributed by atoms with van der Waals surface area (Å²) in [7, 11) is 0. The van der Waals surface area contributed by atoms with Crippen molar-refractivity contribution in [2.24, 2.45) is 16.5 Å². The average Bonchev–Trinajstić information content (AvgIpc) is 2.28. The minimum Gasteiger partial charge on any atom is -0.465 e. The second kappa shape index (κ2) is 9.65. The largest absolute Gasteiger partial charge is 0.465 e. The van der Waals surface area contributed by atoms with Gasteiger partial charge in [0.05, 0.1) is 6.61 Å². The molecule has 0 aliphatic rings. The third-order valence-corrected chi connectivity index (χ3v) is 2.02. The van der Waals surface area contributed by atoms with Crippen molar-refractivity contribution in [1.29, 1.82) is 0 Å². The molecule has 0 spiro atoms. The normalized spacial score (nSPS) is 11.6. The van der Waals surface area contributed by atoms with Crippen LogP contribution in [0.1, 0.15) is 19.8 Å². The molecule has 0 amide bonds. The van der Waals surface area contributed by atoms with Crippen LogP contribution in [0.4, 0.5) is 0 Å². The Morgan fingerprint density at radius 1 is 1.59 bits per heavy atom. The molecule has 5 N–H and O–H groups in total. The molecule has 0 radical (unpaired) electrons. The van der Waals surface area contributed by atoms with Gasteiger partial charge >= 0.3 is 5.97 Å². The zero-order valence-electron chi connectivity index (χ0n) is 10.3. The zero-order chi connectivity index (χ0) is 13.1. The molecule has 0 aliphatic heterocycles. The van der Waals surface area contributed by atoms with Gasteiger partial charge < -0.3 is 21.5 Å². The van der Waals surface area contributed by atoms with Crippen LogP contribution in [0.15, 0.2) is 17.6 Å². The van der Waals surface area contributed by atoms with Crippen LogP contribution in [0.2, 0.25) is 0 Å². The molecule has 1 atom stereocenters. The summed E-state index contributed by atoms with van der Waals surface area (Å²) < 4.78 is 4.96. The van der Waals surface area contributed by atoms with Gasteiger partial charge in [-0.15, -0.1) is 6.58 Å². The van der Waals surface area contributed by atoms with E-state index in [2.05, 4.69) is 16.9 Å². The molecular weight excluding hydrogens is 220 g/mol. The molecule has 0 rings (SSSR count). The standard InChI is InChI=1S/C11H22N4O2/c1-3-7-14-9(10(16)17-4-2)6-5-8-15-11(12)13/h3,9,14H,1,4-8H2,2H3,(H4,12,13,15)/t9-/m0/s1. The average molecular weight is 242 g/mol. The highest BCUT2D eigenvalue weighted by atomic mass is 16.5. The van der Waals surface area contributed by atoms with E-state index < -0.39 is 0 Å². The number of esters is 1. The number of hydrogen-bond donors (Lipinski definition) is 3. The van der Waals surface area contributed by atoms with Crippen LogP contribution in [0.5, 0.6) is 0 Å². The third kappa shape index (κ3) is 8.27. The number of rotatable bonds is 9. The first-order valence-corrected chi connectivity index (χ1v) is 5.68. The third-order valence-electron chi connectivity index (χ3n) is 2.02. The molecule has 0 bridgehead atoms. The quantitative estimate of drug-likeness (QED) is 0.170. The van der Waals surface area contributed by atoms with Crippen molar-refractivity contribution in [2.75, 3.05) is 19.7 Å². The molecule has 0 aliphatic carbocycles. The number of ether oxygens (including phenoxy) is 1. The highest BCUT2D eigenvalue weighted by Gasteiger charge is 2.17. The molecule has 6 heteroatoms. The van der Waals surface area contributed by atoms with Crippen molar-refractivity contribution in [3.05, 3.63) is 12.7 Å². The smallest absolute Gasteiger partial charge is 0.323 e. The van der Waals surface area contributed by atoms with E-state index in [9.17, 15) is 4.79 Å². The lowest BCUT2D eigenvalue weighted by Crippen LogP contribution is -2.38. The lowest BCUT2D eigenvalue weighted by molar-refractivity contribution is -0.145. The van der Waals surface area contributed by atoms with E-state index in [1.54, 1.807) is 13.0 Å². The van der Waals surface area contributed by atoms with Crippen molar-refractivity contribution >= 4 is 11.9 Å². The Balaban J connectivity index is 4.04. The summed E-state index contributed by atoms with van der Waals surface area (Å²) >= 11 is 0. The molecule has 0 saturated carbocycles. The molecule has 0 saturated heterocycles. The van der Waals surface area contributed by atoms with Crippen molar-refractivity contribution in [1.82, 2.24) is 5.32 Å². The van der Waals surface area contributed by atoms with Crippen LogP contribution < -0.4 is 16.8 Å². The van der Waals surface area contributed by atoms with Crippen LogP contribution in [0, 0.1) is 0 Å². The van der Waals surface area contributed by atoms with Crippen molar-refractivity contribution in [2.45, 2.75) is 25.8 Å². The summed E-state index contributed by atoms with van der Waals surface area (Å²) in [6, 6.07) is -0.331. The van der Waals surface area contributed by atoms with Gasteiger partial charge in [-0.3, -0.25) is 9.79 Å². The lowest BCUT2D eigenvalue weighted by atomic mass is 10.1. The number of aliphatic imine (C=N–C) groups is 1. The molecule has 0 fully saturated rings. The van der Waals surface area contributed by atoms with E-state index in [-0.39, 0.29) is 18.0 Å². The monoisotopic (exact) mass is 242 g/mol. The zero-order valence-corrected chi connectivity index (χ0v) is 10.3. The van der Waals surface area contributed by atoms with E-state index >= 15 is 0 Å². The van der Waals surface area contributed by atoms with Gasteiger partial charge in [0.1, 0.15) is 6.04 Å². The van der Waals surface area contributed by atoms with Crippen molar-refractivity contribution in [3.63, 3.8) is 0 Å². The molecule has 17 heavy (non-hydrogen) atoms. The maximum atomic E-state index is 11.6. The summed E-state index contributed by atoms with van der Waals surface area (Å²) in [6.45, 7) is 6.81. The summed E-state index contributed by atoms with van der Waals surface area (Å²) in [4.78, 5) is 15.4.